The maximum Gasteiger partial charge on any atom is 0.206 e. The van der Waals surface area contributed by atoms with Gasteiger partial charge in [-0.25, -0.2) is 8.42 Å². The zero-order valence-corrected chi connectivity index (χ0v) is 35.0. The quantitative estimate of drug-likeness (QED) is 0.174. The number of hydrogen-bond donors (Lipinski definition) is 0. The Morgan fingerprint density at radius 3 is 1.14 bits per heavy atom. The number of hydrogen-bond acceptors (Lipinski definition) is 2. The van der Waals surface area contributed by atoms with Gasteiger partial charge in [-0.1, -0.05) is 145 Å². The molecule has 13 rings (SSSR count). The van der Waals surface area contributed by atoms with Crippen LogP contribution in [0, 0.1) is 6.92 Å². The molecule has 13 aromatic rings. The molecule has 0 saturated carbocycles. The van der Waals surface area contributed by atoms with Crippen molar-refractivity contribution in [3.05, 3.63) is 212 Å². The third-order valence-corrected chi connectivity index (χ3v) is 14.9. The molecular weight excluding hydrogens is 791 g/mol. The molecule has 0 saturated heterocycles. The Labute approximate surface area is 362 Å². The van der Waals surface area contributed by atoms with E-state index in [4.69, 9.17) is 0 Å². The number of aryl methyl sites for hydroxylation is 1. The zero-order valence-electron chi connectivity index (χ0n) is 34.2. The van der Waals surface area contributed by atoms with Crippen LogP contribution in [0.5, 0.6) is 0 Å². The molecule has 0 fully saturated rings. The predicted molar refractivity (Wildman–Crippen MR) is 261 cm³/mol. The lowest BCUT2D eigenvalue weighted by Crippen LogP contribution is -2.03. The Balaban J connectivity index is 1.27. The van der Waals surface area contributed by atoms with Crippen molar-refractivity contribution in [3.63, 3.8) is 0 Å². The molecule has 0 bridgehead atoms. The maximum atomic E-state index is 14.0. The third kappa shape index (κ3) is 5.01. The lowest BCUT2D eigenvalue weighted by atomic mass is 10.0. The van der Waals surface area contributed by atoms with Crippen LogP contribution in [0.25, 0.3) is 104 Å². The zero-order chi connectivity index (χ0) is 42.0. The van der Waals surface area contributed by atoms with Gasteiger partial charge < -0.3 is 13.7 Å². The van der Waals surface area contributed by atoms with Crippen LogP contribution in [0.15, 0.2) is 216 Å². The van der Waals surface area contributed by atoms with Crippen molar-refractivity contribution < 1.29 is 8.42 Å². The smallest absolute Gasteiger partial charge is 0.206 e. The van der Waals surface area contributed by atoms with Gasteiger partial charge in [0.2, 0.25) is 9.84 Å². The van der Waals surface area contributed by atoms with Crippen LogP contribution in [-0.4, -0.2) is 22.1 Å². The average molecular weight is 828 g/mol. The molecule has 0 atom stereocenters. The first-order valence-corrected chi connectivity index (χ1v) is 22.8. The Morgan fingerprint density at radius 2 is 0.683 bits per heavy atom. The summed E-state index contributed by atoms with van der Waals surface area (Å²) in [5, 5.41) is 11.5. The minimum absolute atomic E-state index is 0.257. The SMILES string of the molecule is Cc1ccc(S(=O)(=O)c2ccc(-n3c4ccccc4c4c3c3c5ccccc5n(-c5cccc6ccccc56)c3c3c5ccccc5n(-c5cccc6ccccc56)c43)cc2)cc1. The van der Waals surface area contributed by atoms with Crippen molar-refractivity contribution in [2.24, 2.45) is 0 Å². The summed E-state index contributed by atoms with van der Waals surface area (Å²) in [5.41, 5.74) is 10.7. The van der Waals surface area contributed by atoms with Gasteiger partial charge in [0.05, 0.1) is 54.3 Å². The summed E-state index contributed by atoms with van der Waals surface area (Å²) < 4.78 is 35.4. The van der Waals surface area contributed by atoms with Crippen molar-refractivity contribution in [2.45, 2.75) is 16.7 Å². The molecule has 298 valence electrons. The van der Waals surface area contributed by atoms with Crippen LogP contribution in [0.1, 0.15) is 5.56 Å². The van der Waals surface area contributed by atoms with Crippen LogP contribution in [0.4, 0.5) is 0 Å². The molecule has 5 nitrogen and oxygen atoms in total. The van der Waals surface area contributed by atoms with E-state index in [-0.39, 0.29) is 9.79 Å². The molecule has 0 unspecified atom stereocenters. The summed E-state index contributed by atoms with van der Waals surface area (Å²) in [6.45, 7) is 1.96. The molecule has 0 aliphatic heterocycles. The van der Waals surface area contributed by atoms with E-state index in [0.29, 0.717) is 0 Å². The summed E-state index contributed by atoms with van der Waals surface area (Å²) in [6.07, 6.45) is 0. The normalized spacial score (nSPS) is 12.3. The van der Waals surface area contributed by atoms with Gasteiger partial charge in [0.25, 0.3) is 0 Å². The first-order chi connectivity index (χ1) is 31.0. The predicted octanol–water partition coefficient (Wildman–Crippen LogP) is 14.4. The standard InChI is InChI=1S/C57H37N3O2S/c1-36-28-32-40(33-29-36)63(61,62)41-34-30-39(31-35-41)58-49-23-9-6-20-44(49)52-55(58)53-45-21-7-10-24-50(45)59(47-26-12-16-37-14-2-4-18-42(37)47)57(53)54-46-22-8-11-25-51(46)60(56(52)54)48-27-13-17-38-15-3-5-19-43(38)48/h2-35H,1H3. The summed E-state index contributed by atoms with van der Waals surface area (Å²) in [5.74, 6) is 0. The van der Waals surface area contributed by atoms with Crippen LogP contribution in [0.3, 0.4) is 0 Å². The molecule has 0 spiro atoms. The van der Waals surface area contributed by atoms with E-state index < -0.39 is 9.84 Å². The topological polar surface area (TPSA) is 48.9 Å². The van der Waals surface area contributed by atoms with E-state index in [2.05, 4.69) is 171 Å². The number of rotatable bonds is 5. The summed E-state index contributed by atoms with van der Waals surface area (Å²) in [6, 6.07) is 71.3. The highest BCUT2D eigenvalue weighted by Crippen LogP contribution is 2.51. The van der Waals surface area contributed by atoms with Gasteiger partial charge in [-0.15, -0.1) is 0 Å². The van der Waals surface area contributed by atoms with E-state index in [1.165, 1.54) is 32.3 Å². The summed E-state index contributed by atoms with van der Waals surface area (Å²) in [7, 11) is -3.75. The Hall–Kier alpha value is -7.93. The highest BCUT2D eigenvalue weighted by Gasteiger charge is 2.29. The van der Waals surface area contributed by atoms with E-state index >= 15 is 0 Å². The lowest BCUT2D eigenvalue weighted by molar-refractivity contribution is 0.596. The lowest BCUT2D eigenvalue weighted by Gasteiger charge is -2.15. The average Bonchev–Trinajstić information content (AvgIpc) is 3.97. The summed E-state index contributed by atoms with van der Waals surface area (Å²) >= 11 is 0. The molecule has 3 aromatic heterocycles. The molecule has 63 heavy (non-hydrogen) atoms. The van der Waals surface area contributed by atoms with Gasteiger partial charge in [-0.2, -0.15) is 0 Å². The van der Waals surface area contributed by atoms with E-state index in [1.807, 2.05) is 31.2 Å². The second-order valence-electron chi connectivity index (χ2n) is 16.5. The second kappa shape index (κ2) is 13.3. The fourth-order valence-electron chi connectivity index (χ4n) is 10.4. The van der Waals surface area contributed by atoms with Crippen molar-refractivity contribution in [3.8, 4) is 17.1 Å². The van der Waals surface area contributed by atoms with Gasteiger partial charge in [-0.05, 0) is 84.4 Å². The minimum atomic E-state index is -3.75. The fraction of sp³-hybridized carbons (Fsp3) is 0.0175. The first kappa shape index (κ1) is 35.8. The fourth-order valence-corrected chi connectivity index (χ4v) is 11.6. The van der Waals surface area contributed by atoms with Crippen molar-refractivity contribution >= 4 is 96.8 Å². The van der Waals surface area contributed by atoms with Gasteiger partial charge in [0.1, 0.15) is 0 Å². The second-order valence-corrected chi connectivity index (χ2v) is 18.5. The van der Waals surface area contributed by atoms with Gasteiger partial charge >= 0.3 is 0 Å². The largest absolute Gasteiger partial charge is 0.308 e. The minimum Gasteiger partial charge on any atom is -0.308 e. The number of benzene rings is 10. The number of fused-ring (bicyclic) bond motifs is 14. The highest BCUT2D eigenvalue weighted by atomic mass is 32.2. The molecule has 10 aromatic carbocycles. The number of nitrogens with zero attached hydrogens (tertiary/aromatic N) is 3. The van der Waals surface area contributed by atoms with Gasteiger partial charge in [0.15, 0.2) is 0 Å². The molecular formula is C57H37N3O2S. The Morgan fingerprint density at radius 1 is 0.333 bits per heavy atom. The van der Waals surface area contributed by atoms with E-state index in [1.54, 1.807) is 24.3 Å². The Kier molecular flexibility index (Phi) is 7.55. The molecule has 3 heterocycles. The van der Waals surface area contributed by atoms with Crippen LogP contribution in [0.2, 0.25) is 0 Å². The van der Waals surface area contributed by atoms with Crippen LogP contribution < -0.4 is 0 Å². The van der Waals surface area contributed by atoms with Crippen LogP contribution >= 0.6 is 0 Å². The number of aromatic nitrogens is 3. The molecule has 6 heteroatoms. The van der Waals surface area contributed by atoms with Gasteiger partial charge in [0, 0.05) is 48.8 Å². The molecule has 0 radical (unpaired) electrons. The van der Waals surface area contributed by atoms with Crippen molar-refractivity contribution in [1.29, 1.82) is 0 Å². The molecule has 0 amide bonds. The monoisotopic (exact) mass is 827 g/mol. The Bertz CT molecular complexity index is 4030. The van der Waals surface area contributed by atoms with E-state index in [0.717, 1.165) is 77.3 Å². The number of sulfone groups is 1. The van der Waals surface area contributed by atoms with Crippen molar-refractivity contribution in [1.82, 2.24) is 13.7 Å². The highest BCUT2D eigenvalue weighted by molar-refractivity contribution is 7.91. The van der Waals surface area contributed by atoms with Crippen molar-refractivity contribution in [2.75, 3.05) is 0 Å². The first-order valence-electron chi connectivity index (χ1n) is 21.3. The van der Waals surface area contributed by atoms with Gasteiger partial charge in [-0.3, -0.25) is 0 Å². The number of para-hydroxylation sites is 3. The maximum absolute atomic E-state index is 14.0. The summed E-state index contributed by atoms with van der Waals surface area (Å²) in [4.78, 5) is 0.538. The molecule has 0 aliphatic rings. The third-order valence-electron chi connectivity index (χ3n) is 13.1. The van der Waals surface area contributed by atoms with E-state index in [9.17, 15) is 8.42 Å². The molecule has 0 aliphatic carbocycles. The van der Waals surface area contributed by atoms with Crippen LogP contribution in [-0.2, 0) is 9.84 Å². The molecule has 0 N–H and O–H groups in total.